The molecule has 1 aliphatic heterocycles. The van der Waals surface area contributed by atoms with Gasteiger partial charge in [-0.2, -0.15) is 4.98 Å². The number of carbonyl (C=O) groups is 1. The van der Waals surface area contributed by atoms with Crippen LogP contribution in [0.25, 0.3) is 16.9 Å². The van der Waals surface area contributed by atoms with Crippen molar-refractivity contribution in [1.29, 1.82) is 0 Å². The Morgan fingerprint density at radius 1 is 1.17 bits per heavy atom. The molecule has 0 unspecified atom stereocenters. The Bertz CT molecular complexity index is 1450. The summed E-state index contributed by atoms with van der Waals surface area (Å²) < 4.78 is 1.88. The van der Waals surface area contributed by atoms with Gasteiger partial charge in [-0.3, -0.25) is 9.36 Å². The quantitative estimate of drug-likeness (QED) is 0.234. The minimum absolute atomic E-state index is 0.228. The molecule has 7 N–H and O–H groups in total. The third-order valence-corrected chi connectivity index (χ3v) is 6.55. The zero-order chi connectivity index (χ0) is 25.4. The number of amides is 1. The summed E-state index contributed by atoms with van der Waals surface area (Å²) in [6.45, 7) is 2.24. The molecule has 1 amide bonds. The molecule has 0 bridgehead atoms. The molecule has 2 aromatic heterocycles. The fraction of sp³-hybridized carbons (Fsp3) is 0.240. The second kappa shape index (κ2) is 9.71. The molecular weight excluding hydrogens is 457 g/mol. The molecule has 3 heterocycles. The number of rotatable bonds is 7. The lowest BCUT2D eigenvalue weighted by Crippen LogP contribution is -2.30. The summed E-state index contributed by atoms with van der Waals surface area (Å²) >= 11 is 0. The first-order valence-electron chi connectivity index (χ1n) is 11.8. The van der Waals surface area contributed by atoms with Gasteiger partial charge >= 0.3 is 7.12 Å². The number of nitrogens with two attached hydrogens (primary N) is 2. The van der Waals surface area contributed by atoms with Crippen LogP contribution in [0.2, 0.25) is 0 Å². The minimum atomic E-state index is -1.53. The molecule has 0 fully saturated rings. The van der Waals surface area contributed by atoms with Crippen LogP contribution in [0.3, 0.4) is 0 Å². The zero-order valence-corrected chi connectivity index (χ0v) is 20.0. The topological polar surface area (TPSA) is 156 Å². The number of nitrogens with zero attached hydrogens (tertiary/aromatic N) is 4. The fourth-order valence-electron chi connectivity index (χ4n) is 4.73. The molecule has 2 aromatic carbocycles. The van der Waals surface area contributed by atoms with Gasteiger partial charge < -0.3 is 31.7 Å². The highest BCUT2D eigenvalue weighted by atomic mass is 16.4. The van der Waals surface area contributed by atoms with Crippen molar-refractivity contribution in [2.75, 3.05) is 18.9 Å². The second-order valence-corrected chi connectivity index (χ2v) is 9.04. The Hall–Kier alpha value is -3.77. The summed E-state index contributed by atoms with van der Waals surface area (Å²) in [7, 11) is 0.528. The van der Waals surface area contributed by atoms with Crippen LogP contribution in [-0.4, -0.2) is 56.1 Å². The van der Waals surface area contributed by atoms with Crippen molar-refractivity contribution in [3.63, 3.8) is 0 Å². The number of anilines is 1. The highest BCUT2D eigenvalue weighted by Crippen LogP contribution is 2.29. The monoisotopic (exact) mass is 485 g/mol. The van der Waals surface area contributed by atoms with E-state index in [1.54, 1.807) is 30.3 Å². The number of aromatic nitrogens is 3. The van der Waals surface area contributed by atoms with Crippen molar-refractivity contribution in [2.24, 2.45) is 11.5 Å². The van der Waals surface area contributed by atoms with Crippen LogP contribution in [0.4, 0.5) is 5.82 Å². The smallest absolute Gasteiger partial charge is 0.423 e. The van der Waals surface area contributed by atoms with Gasteiger partial charge in [0.25, 0.3) is 0 Å². The molecule has 0 spiro atoms. The lowest BCUT2D eigenvalue weighted by atomic mass is 9.79. The summed E-state index contributed by atoms with van der Waals surface area (Å²) in [6.07, 6.45) is 0.797. The van der Waals surface area contributed by atoms with Gasteiger partial charge in [-0.05, 0) is 42.7 Å². The van der Waals surface area contributed by atoms with E-state index in [-0.39, 0.29) is 6.54 Å². The Kier molecular flexibility index (Phi) is 6.46. The molecule has 0 radical (unpaired) electrons. The standard InChI is InChI=1S/C25H28BN7O3/c1-32-9-8-19-21(14-32)30-25(31-24(19)29-13-15-4-2-5-16(10-15)26(35)36)33-17(12-27)11-20-18(23(28)34)6-3-7-22(20)33/h2-7,10-11,35-36H,8-9,12-14,27H2,1H3,(H2,28,34)(H,29,30,31). The molecule has 5 rings (SSSR count). The molecule has 0 saturated carbocycles. The van der Waals surface area contributed by atoms with Crippen LogP contribution < -0.4 is 22.2 Å². The maximum Gasteiger partial charge on any atom is 0.488 e. The minimum Gasteiger partial charge on any atom is -0.423 e. The van der Waals surface area contributed by atoms with Crippen molar-refractivity contribution in [3.8, 4) is 5.95 Å². The molecule has 36 heavy (non-hydrogen) atoms. The second-order valence-electron chi connectivity index (χ2n) is 9.04. The molecule has 11 heteroatoms. The van der Waals surface area contributed by atoms with Gasteiger partial charge in [0, 0.05) is 48.4 Å². The first-order chi connectivity index (χ1) is 17.4. The van der Waals surface area contributed by atoms with Gasteiger partial charge in [0.2, 0.25) is 11.9 Å². The summed E-state index contributed by atoms with van der Waals surface area (Å²) in [5.41, 5.74) is 16.9. The molecule has 0 aliphatic carbocycles. The highest BCUT2D eigenvalue weighted by molar-refractivity contribution is 6.58. The van der Waals surface area contributed by atoms with Gasteiger partial charge in [-0.1, -0.05) is 30.3 Å². The maximum atomic E-state index is 12.0. The van der Waals surface area contributed by atoms with Crippen molar-refractivity contribution >= 4 is 35.2 Å². The van der Waals surface area contributed by atoms with E-state index >= 15 is 0 Å². The Labute approximate surface area is 208 Å². The predicted octanol–water partition coefficient (Wildman–Crippen LogP) is 0.258. The van der Waals surface area contributed by atoms with Crippen molar-refractivity contribution < 1.29 is 14.8 Å². The summed E-state index contributed by atoms with van der Waals surface area (Å²) in [6, 6.07) is 14.4. The number of carbonyl (C=O) groups excluding carboxylic acids is 1. The predicted molar refractivity (Wildman–Crippen MR) is 139 cm³/mol. The van der Waals surface area contributed by atoms with E-state index in [4.69, 9.17) is 21.4 Å². The number of nitrogens with one attached hydrogen (secondary N) is 1. The average Bonchev–Trinajstić information content (AvgIpc) is 3.25. The van der Waals surface area contributed by atoms with E-state index < -0.39 is 13.0 Å². The molecule has 184 valence electrons. The Morgan fingerprint density at radius 3 is 2.72 bits per heavy atom. The van der Waals surface area contributed by atoms with Crippen molar-refractivity contribution in [3.05, 3.63) is 76.6 Å². The number of hydrogen-bond acceptors (Lipinski definition) is 8. The SMILES string of the molecule is CN1CCc2c(nc(-n3c(CN)cc4c(C(N)=O)cccc43)nc2NCc2cccc(B(O)O)c2)C1. The van der Waals surface area contributed by atoms with E-state index in [1.165, 1.54) is 0 Å². The highest BCUT2D eigenvalue weighted by Gasteiger charge is 2.23. The van der Waals surface area contributed by atoms with Crippen molar-refractivity contribution in [1.82, 2.24) is 19.4 Å². The van der Waals surface area contributed by atoms with Crippen LogP contribution in [0, 0.1) is 0 Å². The number of hydrogen-bond donors (Lipinski definition) is 5. The zero-order valence-electron chi connectivity index (χ0n) is 20.0. The fourth-order valence-corrected chi connectivity index (χ4v) is 4.73. The molecule has 1 aliphatic rings. The normalized spacial score (nSPS) is 13.6. The third-order valence-electron chi connectivity index (χ3n) is 6.55. The Morgan fingerprint density at radius 2 is 1.97 bits per heavy atom. The number of likely N-dealkylation sites (N-methyl/N-ethyl adjacent to an activating group) is 1. The van der Waals surface area contributed by atoms with E-state index in [9.17, 15) is 14.8 Å². The first kappa shape index (κ1) is 24.0. The largest absolute Gasteiger partial charge is 0.488 e. The van der Waals surface area contributed by atoms with Crippen molar-refractivity contribution in [2.45, 2.75) is 26.1 Å². The molecular formula is C25H28BN7O3. The Balaban J connectivity index is 1.61. The molecule has 0 saturated heterocycles. The maximum absolute atomic E-state index is 12.0. The van der Waals surface area contributed by atoms with Crippen LogP contribution in [-0.2, 0) is 26.1 Å². The van der Waals surface area contributed by atoms with Crippen LogP contribution in [0.5, 0.6) is 0 Å². The van der Waals surface area contributed by atoms with Gasteiger partial charge in [0.15, 0.2) is 0 Å². The van der Waals surface area contributed by atoms with E-state index in [0.29, 0.717) is 41.3 Å². The molecule has 0 atom stereocenters. The average molecular weight is 485 g/mol. The number of benzene rings is 2. The summed E-state index contributed by atoms with van der Waals surface area (Å²) in [5, 5.41) is 23.2. The van der Waals surface area contributed by atoms with E-state index in [2.05, 4.69) is 17.3 Å². The number of primary amides is 1. The lowest BCUT2D eigenvalue weighted by Gasteiger charge is -2.26. The lowest BCUT2D eigenvalue weighted by molar-refractivity contribution is 0.100. The third kappa shape index (κ3) is 4.45. The number of fused-ring (bicyclic) bond motifs is 2. The first-order valence-corrected chi connectivity index (χ1v) is 11.8. The summed E-state index contributed by atoms with van der Waals surface area (Å²) in [5.74, 6) is 0.670. The molecule has 10 nitrogen and oxygen atoms in total. The van der Waals surface area contributed by atoms with Gasteiger partial charge in [-0.25, -0.2) is 4.98 Å². The van der Waals surface area contributed by atoms with Gasteiger partial charge in [-0.15, -0.1) is 0 Å². The van der Waals surface area contributed by atoms with Crippen LogP contribution >= 0.6 is 0 Å². The summed E-state index contributed by atoms with van der Waals surface area (Å²) in [4.78, 5) is 24.1. The molecule has 4 aromatic rings. The van der Waals surface area contributed by atoms with E-state index in [1.807, 2.05) is 22.8 Å². The van der Waals surface area contributed by atoms with Gasteiger partial charge in [0.1, 0.15) is 5.82 Å². The van der Waals surface area contributed by atoms with Gasteiger partial charge in [0.05, 0.1) is 11.2 Å². The van der Waals surface area contributed by atoms with E-state index in [0.717, 1.165) is 41.0 Å². The van der Waals surface area contributed by atoms with Crippen LogP contribution in [0.15, 0.2) is 48.5 Å². The van der Waals surface area contributed by atoms with Crippen LogP contribution in [0.1, 0.15) is 32.9 Å².